The van der Waals surface area contributed by atoms with Crippen LogP contribution in [0.25, 0.3) is 0 Å². The Balaban J connectivity index is 1.38. The predicted octanol–water partition coefficient (Wildman–Crippen LogP) is 4.00. The second-order valence-electron chi connectivity index (χ2n) is 8.62. The minimum Gasteiger partial charge on any atom is -0.464 e. The van der Waals surface area contributed by atoms with Crippen molar-refractivity contribution in [3.05, 3.63) is 60.2 Å². The Morgan fingerprint density at radius 3 is 2.22 bits per heavy atom. The summed E-state index contributed by atoms with van der Waals surface area (Å²) in [6.45, 7) is 2.49. The Morgan fingerprint density at radius 1 is 0.938 bits per heavy atom. The number of carbonyl (C=O) groups excluding carboxylic acids is 2. The molecule has 0 aromatic carbocycles. The number of urea groups is 1. The van der Waals surface area contributed by atoms with Crippen LogP contribution in [0.2, 0.25) is 0 Å². The van der Waals surface area contributed by atoms with Crippen LogP contribution in [0.5, 0.6) is 0 Å². The molecular formula is C25H32N4O3. The fraction of sp³-hybridized carbons (Fsp3) is 0.520. The molecule has 0 radical (unpaired) electrons. The van der Waals surface area contributed by atoms with Crippen LogP contribution in [0.15, 0.2) is 49.1 Å². The van der Waals surface area contributed by atoms with E-state index in [4.69, 9.17) is 4.74 Å². The van der Waals surface area contributed by atoms with E-state index in [2.05, 4.69) is 9.97 Å². The lowest BCUT2D eigenvalue weighted by atomic mass is 9.91. The van der Waals surface area contributed by atoms with Crippen LogP contribution in [-0.2, 0) is 9.53 Å². The second-order valence-corrected chi connectivity index (χ2v) is 8.62. The van der Waals surface area contributed by atoms with Crippen molar-refractivity contribution in [2.45, 2.75) is 56.9 Å². The zero-order chi connectivity index (χ0) is 22.2. The molecule has 2 aliphatic rings. The van der Waals surface area contributed by atoms with E-state index in [0.29, 0.717) is 19.4 Å². The van der Waals surface area contributed by atoms with Crippen molar-refractivity contribution in [1.82, 2.24) is 19.8 Å². The molecule has 2 aromatic heterocycles. The van der Waals surface area contributed by atoms with Gasteiger partial charge in [0.15, 0.2) is 0 Å². The monoisotopic (exact) mass is 436 g/mol. The molecule has 4 rings (SSSR count). The summed E-state index contributed by atoms with van der Waals surface area (Å²) in [5.74, 6) is -0.242. The van der Waals surface area contributed by atoms with Gasteiger partial charge in [-0.3, -0.25) is 9.97 Å². The van der Waals surface area contributed by atoms with Gasteiger partial charge in [-0.15, -0.1) is 0 Å². The summed E-state index contributed by atoms with van der Waals surface area (Å²) in [6, 6.07) is 7.41. The molecule has 0 N–H and O–H groups in total. The topological polar surface area (TPSA) is 75.6 Å². The molecule has 2 saturated heterocycles. The first-order valence-electron chi connectivity index (χ1n) is 11.8. The molecule has 170 valence electrons. The van der Waals surface area contributed by atoms with Crippen LogP contribution in [0, 0.1) is 0 Å². The van der Waals surface area contributed by atoms with Gasteiger partial charge < -0.3 is 14.5 Å². The van der Waals surface area contributed by atoms with Gasteiger partial charge in [0, 0.05) is 50.3 Å². The average molecular weight is 437 g/mol. The predicted molar refractivity (Wildman–Crippen MR) is 121 cm³/mol. The fourth-order valence-corrected chi connectivity index (χ4v) is 4.74. The first-order chi connectivity index (χ1) is 15.7. The minimum atomic E-state index is -0.478. The molecule has 7 heteroatoms. The van der Waals surface area contributed by atoms with Gasteiger partial charge in [0.05, 0.1) is 6.61 Å². The normalized spacial score (nSPS) is 19.1. The molecule has 2 aromatic rings. The largest absolute Gasteiger partial charge is 0.464 e. The Kier molecular flexibility index (Phi) is 7.69. The Hall–Kier alpha value is -2.96. The fourth-order valence-electron chi connectivity index (χ4n) is 4.74. The molecule has 32 heavy (non-hydrogen) atoms. The second kappa shape index (κ2) is 11.1. The first-order valence-corrected chi connectivity index (χ1v) is 11.8. The number of likely N-dealkylation sites (tertiary alicyclic amines) is 2. The van der Waals surface area contributed by atoms with Crippen LogP contribution >= 0.6 is 0 Å². The molecule has 2 aliphatic heterocycles. The summed E-state index contributed by atoms with van der Waals surface area (Å²) in [5.41, 5.74) is 2.13. The number of pyridine rings is 2. The smallest absolute Gasteiger partial charge is 0.328 e. The lowest BCUT2D eigenvalue weighted by Gasteiger charge is -2.38. The van der Waals surface area contributed by atoms with Crippen LogP contribution in [0.3, 0.4) is 0 Å². The Bertz CT molecular complexity index is 832. The van der Waals surface area contributed by atoms with Crippen molar-refractivity contribution < 1.29 is 14.3 Å². The number of carbonyl (C=O) groups is 2. The van der Waals surface area contributed by atoms with Crippen LogP contribution in [0.4, 0.5) is 4.79 Å². The molecule has 1 atom stereocenters. The van der Waals surface area contributed by atoms with Gasteiger partial charge in [0.25, 0.3) is 0 Å². The highest BCUT2D eigenvalue weighted by Crippen LogP contribution is 2.27. The molecule has 0 aliphatic carbocycles. The third kappa shape index (κ3) is 5.44. The van der Waals surface area contributed by atoms with Crippen LogP contribution in [-0.4, -0.2) is 64.1 Å². The third-order valence-electron chi connectivity index (χ3n) is 6.47. The van der Waals surface area contributed by atoms with E-state index in [9.17, 15) is 9.59 Å². The molecule has 4 heterocycles. The number of hydrogen-bond acceptors (Lipinski definition) is 5. The number of ether oxygens (including phenoxy) is 1. The highest BCUT2D eigenvalue weighted by Gasteiger charge is 2.35. The third-order valence-corrected chi connectivity index (χ3v) is 6.47. The first kappa shape index (κ1) is 22.2. The minimum absolute atomic E-state index is 0.00468. The van der Waals surface area contributed by atoms with Gasteiger partial charge in [-0.25, -0.2) is 9.59 Å². The molecule has 0 bridgehead atoms. The SMILES string of the molecule is O=C(OCCC(c1cccnc1)c1cccnc1)[C@@H]1CCCCN1C(=O)N1CCCCC1. The Labute approximate surface area is 189 Å². The van der Waals surface area contributed by atoms with Gasteiger partial charge in [-0.05, 0) is 68.2 Å². The van der Waals surface area contributed by atoms with Gasteiger partial charge in [-0.1, -0.05) is 12.1 Å². The number of nitrogens with zero attached hydrogens (tertiary/aromatic N) is 4. The van der Waals surface area contributed by atoms with Gasteiger partial charge >= 0.3 is 12.0 Å². The van der Waals surface area contributed by atoms with Crippen molar-refractivity contribution in [1.29, 1.82) is 0 Å². The summed E-state index contributed by atoms with van der Waals surface area (Å²) < 4.78 is 5.73. The van der Waals surface area contributed by atoms with E-state index >= 15 is 0 Å². The molecular weight excluding hydrogens is 404 g/mol. The highest BCUT2D eigenvalue weighted by atomic mass is 16.5. The van der Waals surface area contributed by atoms with Gasteiger partial charge in [0.2, 0.25) is 0 Å². The number of esters is 1. The van der Waals surface area contributed by atoms with Crippen LogP contribution < -0.4 is 0 Å². The maximum absolute atomic E-state index is 13.1. The molecule has 7 nitrogen and oxygen atoms in total. The van der Waals surface area contributed by atoms with Gasteiger partial charge in [0.1, 0.15) is 6.04 Å². The number of rotatable bonds is 6. The van der Waals surface area contributed by atoms with E-state index < -0.39 is 6.04 Å². The number of aromatic nitrogens is 2. The summed E-state index contributed by atoms with van der Waals surface area (Å²) >= 11 is 0. The quantitative estimate of drug-likeness (QED) is 0.640. The van der Waals surface area contributed by atoms with Crippen molar-refractivity contribution in [3.63, 3.8) is 0 Å². The summed E-state index contributed by atoms with van der Waals surface area (Å²) in [5, 5.41) is 0. The molecule has 0 spiro atoms. The molecule has 0 unspecified atom stereocenters. The molecule has 2 fully saturated rings. The summed E-state index contributed by atoms with van der Waals surface area (Å²) in [6.07, 6.45) is 13.6. The standard InChI is InChI=1S/C25H32N4O3/c30-24(23-10-2-5-16-29(23)25(31)28-14-3-1-4-15-28)32-17-11-22(20-8-6-12-26-18-20)21-9-7-13-27-19-21/h6-9,12-13,18-19,22-23H,1-5,10-11,14-17H2/t23-/m0/s1. The zero-order valence-electron chi connectivity index (χ0n) is 18.6. The zero-order valence-corrected chi connectivity index (χ0v) is 18.6. The van der Waals surface area contributed by atoms with Crippen molar-refractivity contribution >= 4 is 12.0 Å². The maximum atomic E-state index is 13.1. The molecule has 0 saturated carbocycles. The number of hydrogen-bond donors (Lipinski definition) is 0. The lowest BCUT2D eigenvalue weighted by Crippen LogP contribution is -2.54. The van der Waals surface area contributed by atoms with E-state index in [-0.39, 0.29) is 24.5 Å². The number of amides is 2. The maximum Gasteiger partial charge on any atom is 0.328 e. The van der Waals surface area contributed by atoms with Crippen molar-refractivity contribution in [2.24, 2.45) is 0 Å². The van der Waals surface area contributed by atoms with Gasteiger partial charge in [-0.2, -0.15) is 0 Å². The highest BCUT2D eigenvalue weighted by molar-refractivity contribution is 5.84. The van der Waals surface area contributed by atoms with E-state index in [1.807, 2.05) is 41.6 Å². The molecule has 2 amide bonds. The van der Waals surface area contributed by atoms with Crippen molar-refractivity contribution in [3.8, 4) is 0 Å². The van der Waals surface area contributed by atoms with Crippen molar-refractivity contribution in [2.75, 3.05) is 26.2 Å². The Morgan fingerprint density at radius 2 is 1.59 bits per heavy atom. The average Bonchev–Trinajstić information content (AvgIpc) is 2.87. The van der Waals surface area contributed by atoms with Crippen LogP contribution in [0.1, 0.15) is 62.0 Å². The lowest BCUT2D eigenvalue weighted by molar-refractivity contribution is -0.150. The summed E-state index contributed by atoms with van der Waals surface area (Å²) in [7, 11) is 0. The summed E-state index contributed by atoms with van der Waals surface area (Å²) in [4.78, 5) is 38.2. The van der Waals surface area contributed by atoms with E-state index in [1.54, 1.807) is 17.3 Å². The van der Waals surface area contributed by atoms with E-state index in [0.717, 1.165) is 49.9 Å². The van der Waals surface area contributed by atoms with E-state index in [1.165, 1.54) is 6.42 Å². The number of piperidine rings is 2.